The molecule has 31 heavy (non-hydrogen) atoms. The van der Waals surface area contributed by atoms with Gasteiger partial charge < -0.3 is 16.0 Å². The van der Waals surface area contributed by atoms with Crippen molar-refractivity contribution in [3.8, 4) is 0 Å². The molecule has 164 valence electrons. The topological polar surface area (TPSA) is 83.3 Å². The molecule has 1 heterocycles. The van der Waals surface area contributed by atoms with Gasteiger partial charge in [0.2, 0.25) is 5.91 Å². The van der Waals surface area contributed by atoms with E-state index < -0.39 is 0 Å². The number of aromatic nitrogens is 2. The Morgan fingerprint density at radius 2 is 1.94 bits per heavy atom. The lowest BCUT2D eigenvalue weighted by atomic mass is 10.1. The number of halogens is 1. The molecule has 0 aliphatic heterocycles. The highest BCUT2D eigenvalue weighted by atomic mass is 127. The van der Waals surface area contributed by atoms with E-state index in [2.05, 4.69) is 45.1 Å². The van der Waals surface area contributed by atoms with Gasteiger partial charge in [-0.15, -0.1) is 24.0 Å². The number of rotatable bonds is 8. The van der Waals surface area contributed by atoms with Gasteiger partial charge >= 0.3 is 0 Å². The van der Waals surface area contributed by atoms with Gasteiger partial charge in [0.15, 0.2) is 5.96 Å². The summed E-state index contributed by atoms with van der Waals surface area (Å²) in [5.41, 5.74) is 4.25. The lowest BCUT2D eigenvalue weighted by Gasteiger charge is -2.13. The van der Waals surface area contributed by atoms with Gasteiger partial charge in [-0.05, 0) is 48.7 Å². The normalized spacial score (nSPS) is 10.8. The van der Waals surface area contributed by atoms with E-state index in [0.717, 1.165) is 23.8 Å². The Morgan fingerprint density at radius 1 is 1.10 bits per heavy atom. The van der Waals surface area contributed by atoms with Gasteiger partial charge in [-0.3, -0.25) is 9.48 Å². The van der Waals surface area contributed by atoms with Gasteiger partial charge in [0.25, 0.3) is 0 Å². The highest BCUT2D eigenvalue weighted by Gasteiger charge is 2.05. The van der Waals surface area contributed by atoms with E-state index >= 15 is 0 Å². The van der Waals surface area contributed by atoms with Gasteiger partial charge in [0.05, 0.1) is 6.54 Å². The van der Waals surface area contributed by atoms with Crippen molar-refractivity contribution in [1.29, 1.82) is 0 Å². The zero-order valence-electron chi connectivity index (χ0n) is 17.8. The molecule has 0 radical (unpaired) electrons. The van der Waals surface area contributed by atoms with Crippen LogP contribution in [-0.2, 0) is 24.4 Å². The summed E-state index contributed by atoms with van der Waals surface area (Å²) >= 11 is 0. The standard InChI is InChI=1S/C23H28N6O.HI/c1-3-24-23(26-16-20-10-5-4-8-18(20)2)25-15-19-9-6-11-21(14-19)28-22(30)17-29-13-7-12-27-29;/h4-14H,3,15-17H2,1-2H3,(H,28,30)(H2,24,25,26);1H. The monoisotopic (exact) mass is 532 g/mol. The van der Waals surface area contributed by atoms with E-state index in [-0.39, 0.29) is 36.4 Å². The zero-order valence-corrected chi connectivity index (χ0v) is 20.2. The van der Waals surface area contributed by atoms with Crippen LogP contribution in [0.4, 0.5) is 5.69 Å². The number of hydrogen-bond acceptors (Lipinski definition) is 3. The van der Waals surface area contributed by atoms with E-state index in [1.54, 1.807) is 23.1 Å². The van der Waals surface area contributed by atoms with Crippen LogP contribution in [0.1, 0.15) is 23.6 Å². The SMILES string of the molecule is CCNC(=NCc1cccc(NC(=O)Cn2cccn2)c1)NCc1ccccc1C.I. The van der Waals surface area contributed by atoms with Crippen molar-refractivity contribution in [1.82, 2.24) is 20.4 Å². The Hall–Kier alpha value is -2.88. The fourth-order valence-electron chi connectivity index (χ4n) is 2.99. The maximum Gasteiger partial charge on any atom is 0.246 e. The second-order valence-corrected chi connectivity index (χ2v) is 6.93. The van der Waals surface area contributed by atoms with Crippen LogP contribution in [0.3, 0.4) is 0 Å². The average Bonchev–Trinajstić information content (AvgIpc) is 3.24. The molecule has 0 spiro atoms. The highest BCUT2D eigenvalue weighted by Crippen LogP contribution is 2.12. The Labute approximate surface area is 200 Å². The molecule has 0 unspecified atom stereocenters. The highest BCUT2D eigenvalue weighted by molar-refractivity contribution is 14.0. The zero-order chi connectivity index (χ0) is 21.2. The third kappa shape index (κ3) is 8.05. The minimum absolute atomic E-state index is 0. The first-order valence-electron chi connectivity index (χ1n) is 10.1. The number of nitrogens with zero attached hydrogens (tertiary/aromatic N) is 3. The van der Waals surface area contributed by atoms with E-state index in [0.29, 0.717) is 13.1 Å². The number of amides is 1. The van der Waals surface area contributed by atoms with Crippen LogP contribution >= 0.6 is 24.0 Å². The fourth-order valence-corrected chi connectivity index (χ4v) is 2.99. The first kappa shape index (κ1) is 24.4. The number of guanidine groups is 1. The van der Waals surface area contributed by atoms with Crippen LogP contribution in [0, 0.1) is 6.92 Å². The molecule has 3 aromatic rings. The Kier molecular flexibility index (Phi) is 10.0. The molecule has 1 amide bonds. The quantitative estimate of drug-likeness (QED) is 0.235. The number of benzene rings is 2. The van der Waals surface area contributed by atoms with Crippen molar-refractivity contribution in [2.45, 2.75) is 33.5 Å². The van der Waals surface area contributed by atoms with Crippen molar-refractivity contribution < 1.29 is 4.79 Å². The van der Waals surface area contributed by atoms with E-state index in [9.17, 15) is 4.79 Å². The van der Waals surface area contributed by atoms with Gasteiger partial charge in [0.1, 0.15) is 6.54 Å². The molecule has 7 nitrogen and oxygen atoms in total. The van der Waals surface area contributed by atoms with Crippen molar-refractivity contribution >= 4 is 41.5 Å². The Balaban J connectivity index is 0.00000341. The first-order valence-corrected chi connectivity index (χ1v) is 10.1. The molecule has 2 aromatic carbocycles. The van der Waals surface area contributed by atoms with Crippen LogP contribution in [-0.4, -0.2) is 28.2 Å². The summed E-state index contributed by atoms with van der Waals surface area (Å²) in [6.45, 7) is 6.33. The molecule has 0 atom stereocenters. The van der Waals surface area contributed by atoms with Gasteiger partial charge in [-0.1, -0.05) is 36.4 Å². The third-order valence-corrected chi connectivity index (χ3v) is 4.55. The summed E-state index contributed by atoms with van der Waals surface area (Å²) in [6, 6.07) is 17.8. The van der Waals surface area contributed by atoms with Crippen molar-refractivity contribution in [2.24, 2.45) is 4.99 Å². The van der Waals surface area contributed by atoms with Crippen LogP contribution in [0.15, 0.2) is 72.0 Å². The van der Waals surface area contributed by atoms with Crippen LogP contribution in [0.25, 0.3) is 0 Å². The molecule has 0 bridgehead atoms. The summed E-state index contributed by atoms with van der Waals surface area (Å²) in [6.07, 6.45) is 3.41. The predicted octanol–water partition coefficient (Wildman–Crippen LogP) is 3.70. The van der Waals surface area contributed by atoms with Crippen LogP contribution in [0.5, 0.6) is 0 Å². The summed E-state index contributed by atoms with van der Waals surface area (Å²) in [5.74, 6) is 0.640. The Bertz CT molecular complexity index is 987. The van der Waals surface area contributed by atoms with E-state index in [1.165, 1.54) is 11.1 Å². The maximum absolute atomic E-state index is 12.2. The van der Waals surface area contributed by atoms with Crippen molar-refractivity contribution in [3.05, 3.63) is 83.7 Å². The summed E-state index contributed by atoms with van der Waals surface area (Å²) in [4.78, 5) is 16.8. The molecule has 3 N–H and O–H groups in total. The van der Waals surface area contributed by atoms with Gasteiger partial charge in [-0.2, -0.15) is 5.10 Å². The molecule has 0 saturated carbocycles. The lowest BCUT2D eigenvalue weighted by molar-refractivity contribution is -0.116. The van der Waals surface area contributed by atoms with Crippen molar-refractivity contribution in [2.75, 3.05) is 11.9 Å². The maximum atomic E-state index is 12.2. The molecular weight excluding hydrogens is 503 g/mol. The largest absolute Gasteiger partial charge is 0.357 e. The molecule has 8 heteroatoms. The Morgan fingerprint density at radius 3 is 2.68 bits per heavy atom. The number of aliphatic imine (C=N–C) groups is 1. The first-order chi connectivity index (χ1) is 14.6. The molecule has 0 saturated heterocycles. The van der Waals surface area contributed by atoms with Crippen molar-refractivity contribution in [3.63, 3.8) is 0 Å². The molecule has 0 aliphatic rings. The van der Waals surface area contributed by atoms with Gasteiger partial charge in [-0.25, -0.2) is 4.99 Å². The fraction of sp³-hybridized carbons (Fsp3) is 0.261. The minimum Gasteiger partial charge on any atom is -0.357 e. The molecular formula is C23H29IN6O. The van der Waals surface area contributed by atoms with Crippen LogP contribution < -0.4 is 16.0 Å². The summed E-state index contributed by atoms with van der Waals surface area (Å²) in [5, 5.41) is 13.6. The average molecular weight is 532 g/mol. The molecule has 0 aliphatic carbocycles. The minimum atomic E-state index is -0.118. The third-order valence-electron chi connectivity index (χ3n) is 4.55. The number of anilines is 1. The second kappa shape index (κ2) is 12.7. The molecule has 1 aromatic heterocycles. The predicted molar refractivity (Wildman–Crippen MR) is 136 cm³/mol. The molecule has 3 rings (SSSR count). The summed E-state index contributed by atoms with van der Waals surface area (Å²) < 4.78 is 1.59. The number of carbonyl (C=O) groups is 1. The second-order valence-electron chi connectivity index (χ2n) is 6.93. The lowest BCUT2D eigenvalue weighted by Crippen LogP contribution is -2.36. The van der Waals surface area contributed by atoms with E-state index in [1.807, 2.05) is 43.3 Å². The number of aryl methyl sites for hydroxylation is 1. The van der Waals surface area contributed by atoms with Crippen LogP contribution in [0.2, 0.25) is 0 Å². The summed E-state index contributed by atoms with van der Waals surface area (Å²) in [7, 11) is 0. The smallest absolute Gasteiger partial charge is 0.246 e. The van der Waals surface area contributed by atoms with E-state index in [4.69, 9.17) is 0 Å². The number of hydrogen-bond donors (Lipinski definition) is 3. The number of nitrogens with one attached hydrogen (secondary N) is 3. The number of carbonyl (C=O) groups excluding carboxylic acids is 1. The van der Waals surface area contributed by atoms with Gasteiger partial charge in [0, 0.05) is 31.2 Å². The molecule has 0 fully saturated rings.